The topological polar surface area (TPSA) is 0 Å². The fourth-order valence-corrected chi connectivity index (χ4v) is 0. The molecule has 6 heavy (non-hydrogen) atoms. The summed E-state index contributed by atoms with van der Waals surface area (Å²) in [7, 11) is 0. The second-order valence-electron chi connectivity index (χ2n) is 1.84. The Bertz CT molecular complexity index is 58.6. The van der Waals surface area contributed by atoms with Crippen LogP contribution < -0.4 is 0 Å². The molecule has 0 aromatic heterocycles. The van der Waals surface area contributed by atoms with Crippen molar-refractivity contribution in [3.63, 3.8) is 0 Å². The fraction of sp³-hybridized carbons (Fsp3) is 1.00. The molecule has 0 saturated carbocycles. The zero-order valence-corrected chi connectivity index (χ0v) is 8.04. The van der Waals surface area contributed by atoms with Gasteiger partial charge in [0.2, 0.25) is 0 Å². The van der Waals surface area contributed by atoms with E-state index < -0.39 is 0 Å². The Kier molecular flexibility index (Phi) is 3.72. The second kappa shape index (κ2) is 3.15. The average molecular weight is 177 g/mol. The molecule has 0 N–H and O–H groups in total. The van der Waals surface area contributed by atoms with Crippen molar-refractivity contribution in [3.05, 3.63) is 0 Å². The van der Waals surface area contributed by atoms with Crippen molar-refractivity contribution in [1.82, 2.24) is 0 Å². The Hall–Kier alpha value is 1.10. The summed E-state index contributed by atoms with van der Waals surface area (Å²) >= 11 is 1.77. The van der Waals surface area contributed by atoms with Gasteiger partial charge < -0.3 is 0 Å². The van der Waals surface area contributed by atoms with E-state index in [0.717, 1.165) is 5.54 Å². The van der Waals surface area contributed by atoms with Crippen LogP contribution in [0.2, 0.25) is 12.1 Å². The van der Waals surface area contributed by atoms with E-state index in [1.807, 2.05) is 0 Å². The van der Waals surface area contributed by atoms with E-state index in [-0.39, 0.29) is 5.43 Å². The van der Waals surface area contributed by atoms with E-state index >= 15 is 0 Å². The Balaban J connectivity index is 3.26. The van der Waals surface area contributed by atoms with Crippen molar-refractivity contribution in [3.8, 4) is 0 Å². The summed E-state index contributed by atoms with van der Waals surface area (Å²) in [5.41, 5.74) is 1.13. The molecule has 0 nitrogen and oxygen atoms in total. The van der Waals surface area contributed by atoms with Crippen LogP contribution in [0, 0.1) is 0 Å². The van der Waals surface area contributed by atoms with E-state index in [0.29, 0.717) is 0 Å². The third-order valence-electron chi connectivity index (χ3n) is 0.866. The molecule has 0 aromatic carbocycles. The van der Waals surface area contributed by atoms with Crippen LogP contribution in [0.1, 0.15) is 13.8 Å². The van der Waals surface area contributed by atoms with Crippen LogP contribution in [-0.2, 0) is 23.3 Å². The molecular weight excluding hydrogens is 167 g/mol. The van der Waals surface area contributed by atoms with Crippen LogP contribution in [0.5, 0.6) is 0 Å². The van der Waals surface area contributed by atoms with Crippen molar-refractivity contribution in [1.29, 1.82) is 0 Å². The SMILES string of the molecule is CC(C)[Si](C)=[Zr]. The van der Waals surface area contributed by atoms with E-state index in [2.05, 4.69) is 20.4 Å². The minimum absolute atomic E-state index is 0.138. The predicted molar refractivity (Wildman–Crippen MR) is 26.7 cm³/mol. The normalized spacial score (nSPS) is 9.17. The number of hydrogen-bond acceptors (Lipinski definition) is 0. The van der Waals surface area contributed by atoms with Gasteiger partial charge in [0.15, 0.2) is 0 Å². The second-order valence-corrected chi connectivity index (χ2v) is 10.2. The van der Waals surface area contributed by atoms with Crippen LogP contribution in [0.3, 0.4) is 0 Å². The van der Waals surface area contributed by atoms with Gasteiger partial charge in [0, 0.05) is 0 Å². The molecule has 0 aliphatic rings. The molecule has 0 bridgehead atoms. The summed E-state index contributed by atoms with van der Waals surface area (Å²) < 4.78 is 0. The third kappa shape index (κ3) is 3.30. The summed E-state index contributed by atoms with van der Waals surface area (Å²) in [5, 5.41) is 0. The zero-order chi connectivity index (χ0) is 5.15. The molecule has 0 heterocycles. The Morgan fingerprint density at radius 1 is 1.50 bits per heavy atom. The molecule has 34 valence electrons. The van der Waals surface area contributed by atoms with Gasteiger partial charge in [-0.15, -0.1) is 0 Å². The van der Waals surface area contributed by atoms with Gasteiger partial charge in [-0.2, -0.15) is 0 Å². The fourth-order valence-electron chi connectivity index (χ4n) is 0. The molecule has 0 unspecified atom stereocenters. The first-order valence-corrected chi connectivity index (χ1v) is 7.96. The summed E-state index contributed by atoms with van der Waals surface area (Å²) in [6.45, 7) is 7.00. The Morgan fingerprint density at radius 3 is 1.67 bits per heavy atom. The average Bonchev–Trinajstić information content (AvgIpc) is 1.36. The summed E-state index contributed by atoms with van der Waals surface area (Å²) in [4.78, 5) is 0. The molecule has 0 spiro atoms. The summed E-state index contributed by atoms with van der Waals surface area (Å²) in [5.74, 6) is 0. The monoisotopic (exact) mass is 176 g/mol. The maximum atomic E-state index is 2.38. The maximum absolute atomic E-state index is 2.38. The van der Waals surface area contributed by atoms with Crippen LogP contribution in [0.4, 0.5) is 0 Å². The van der Waals surface area contributed by atoms with E-state index in [1.165, 1.54) is 0 Å². The van der Waals surface area contributed by atoms with Gasteiger partial charge in [-0.05, 0) is 0 Å². The van der Waals surface area contributed by atoms with Gasteiger partial charge in [-0.1, -0.05) is 0 Å². The van der Waals surface area contributed by atoms with Crippen molar-refractivity contribution in [2.45, 2.75) is 25.9 Å². The van der Waals surface area contributed by atoms with E-state index in [1.54, 1.807) is 23.3 Å². The first kappa shape index (κ1) is 7.10. The minimum atomic E-state index is 0.138. The summed E-state index contributed by atoms with van der Waals surface area (Å²) in [6.07, 6.45) is 0. The van der Waals surface area contributed by atoms with Gasteiger partial charge in [0.1, 0.15) is 0 Å². The molecular formula is C4H10SiZr. The van der Waals surface area contributed by atoms with Crippen LogP contribution in [-0.4, -0.2) is 5.43 Å². The predicted octanol–water partition coefficient (Wildman–Crippen LogP) is 1.56. The van der Waals surface area contributed by atoms with E-state index in [4.69, 9.17) is 0 Å². The van der Waals surface area contributed by atoms with Gasteiger partial charge >= 0.3 is 54.7 Å². The van der Waals surface area contributed by atoms with Crippen LogP contribution in [0.15, 0.2) is 0 Å². The van der Waals surface area contributed by atoms with Crippen molar-refractivity contribution in [2.24, 2.45) is 0 Å². The summed E-state index contributed by atoms with van der Waals surface area (Å²) in [6, 6.07) is 0. The van der Waals surface area contributed by atoms with E-state index in [9.17, 15) is 0 Å². The van der Waals surface area contributed by atoms with Gasteiger partial charge in [0.05, 0.1) is 0 Å². The third-order valence-corrected chi connectivity index (χ3v) is 6.86. The molecule has 0 atom stereocenters. The molecule has 0 amide bonds. The molecule has 0 fully saturated rings. The molecule has 0 radical (unpaired) electrons. The zero-order valence-electron chi connectivity index (χ0n) is 4.58. The quantitative estimate of drug-likeness (QED) is 0.533. The Morgan fingerprint density at radius 2 is 1.67 bits per heavy atom. The van der Waals surface area contributed by atoms with Gasteiger partial charge in [-0.3, -0.25) is 0 Å². The molecule has 0 aromatic rings. The van der Waals surface area contributed by atoms with Gasteiger partial charge in [-0.25, -0.2) is 0 Å². The van der Waals surface area contributed by atoms with Crippen molar-refractivity contribution < 1.29 is 23.3 Å². The number of hydrogen-bond donors (Lipinski definition) is 0. The van der Waals surface area contributed by atoms with Crippen LogP contribution in [0.25, 0.3) is 0 Å². The number of rotatable bonds is 1. The van der Waals surface area contributed by atoms with Crippen molar-refractivity contribution >= 4 is 5.43 Å². The molecule has 2 heteroatoms. The molecule has 0 aliphatic heterocycles. The first-order chi connectivity index (χ1) is 2.64. The van der Waals surface area contributed by atoms with Crippen molar-refractivity contribution in [2.75, 3.05) is 0 Å². The molecule has 0 saturated heterocycles. The Labute approximate surface area is 54.7 Å². The molecule has 0 aliphatic carbocycles. The molecule has 0 rings (SSSR count). The standard InChI is InChI=1S/C4H10Si.Zr/c1-4(2)5-3;/h4H,1-3H3;. The first-order valence-electron chi connectivity index (χ1n) is 2.19. The van der Waals surface area contributed by atoms with Crippen LogP contribution >= 0.6 is 0 Å². The van der Waals surface area contributed by atoms with Gasteiger partial charge in [0.25, 0.3) is 0 Å².